The van der Waals surface area contributed by atoms with Crippen LogP contribution < -0.4 is 5.32 Å². The molecule has 0 saturated carbocycles. The number of aliphatic hydroxyl groups is 1. The standard InChI is InChI=1S/C16H16ClN3OS/c1-10-12(11-6-3-2-4-7-11)13-14(18-8-5-9-21)19-16(17)20-15(13)22-10/h2-4,6-7,21H,5,8-9H2,1H3,(H,18,19,20). The van der Waals surface area contributed by atoms with E-state index in [4.69, 9.17) is 16.7 Å². The van der Waals surface area contributed by atoms with Crippen LogP contribution in [0.5, 0.6) is 0 Å². The first-order valence-corrected chi connectivity index (χ1v) is 8.27. The summed E-state index contributed by atoms with van der Waals surface area (Å²) < 4.78 is 0. The number of aliphatic hydroxyl groups excluding tert-OH is 1. The van der Waals surface area contributed by atoms with Crippen LogP contribution in [0.25, 0.3) is 21.3 Å². The zero-order valence-corrected chi connectivity index (χ0v) is 13.7. The van der Waals surface area contributed by atoms with E-state index in [9.17, 15) is 0 Å². The second kappa shape index (κ2) is 6.60. The molecule has 0 aliphatic heterocycles. The second-order valence-corrected chi connectivity index (χ2v) is 6.47. The summed E-state index contributed by atoms with van der Waals surface area (Å²) in [4.78, 5) is 10.8. The van der Waals surface area contributed by atoms with Crippen molar-refractivity contribution in [2.24, 2.45) is 0 Å². The van der Waals surface area contributed by atoms with Gasteiger partial charge < -0.3 is 10.4 Å². The van der Waals surface area contributed by atoms with Gasteiger partial charge in [0.2, 0.25) is 5.28 Å². The Morgan fingerprint density at radius 2 is 2.00 bits per heavy atom. The van der Waals surface area contributed by atoms with Crippen molar-refractivity contribution in [2.45, 2.75) is 13.3 Å². The number of hydrogen-bond donors (Lipinski definition) is 2. The maximum atomic E-state index is 8.95. The van der Waals surface area contributed by atoms with E-state index in [0.717, 1.165) is 27.2 Å². The Morgan fingerprint density at radius 1 is 1.23 bits per heavy atom. The third-order valence-corrected chi connectivity index (χ3v) is 4.56. The van der Waals surface area contributed by atoms with E-state index in [-0.39, 0.29) is 11.9 Å². The van der Waals surface area contributed by atoms with Crippen molar-refractivity contribution in [3.63, 3.8) is 0 Å². The molecule has 2 aromatic heterocycles. The normalized spacial score (nSPS) is 11.0. The second-order valence-electron chi connectivity index (χ2n) is 4.92. The molecule has 0 bridgehead atoms. The van der Waals surface area contributed by atoms with Crippen molar-refractivity contribution >= 4 is 39.0 Å². The quantitative estimate of drug-likeness (QED) is 0.545. The Bertz CT molecular complexity index is 789. The third kappa shape index (κ3) is 2.92. The van der Waals surface area contributed by atoms with Crippen LogP contribution in [0.1, 0.15) is 11.3 Å². The van der Waals surface area contributed by atoms with Crippen LogP contribution >= 0.6 is 22.9 Å². The van der Waals surface area contributed by atoms with Gasteiger partial charge in [0.15, 0.2) is 0 Å². The lowest BCUT2D eigenvalue weighted by molar-refractivity contribution is 0.292. The highest BCUT2D eigenvalue weighted by atomic mass is 35.5. The first kappa shape index (κ1) is 15.2. The molecule has 0 aliphatic carbocycles. The molecule has 0 aliphatic rings. The van der Waals surface area contributed by atoms with Gasteiger partial charge in [0.25, 0.3) is 0 Å². The monoisotopic (exact) mass is 333 g/mol. The smallest absolute Gasteiger partial charge is 0.225 e. The fraction of sp³-hybridized carbons (Fsp3) is 0.250. The lowest BCUT2D eigenvalue weighted by Crippen LogP contribution is -2.06. The minimum atomic E-state index is 0.142. The average molecular weight is 334 g/mol. The maximum absolute atomic E-state index is 8.95. The molecule has 0 spiro atoms. The molecule has 3 rings (SSSR count). The molecule has 4 nitrogen and oxygen atoms in total. The van der Waals surface area contributed by atoms with Gasteiger partial charge in [-0.05, 0) is 30.5 Å². The molecule has 3 aromatic rings. The van der Waals surface area contributed by atoms with E-state index in [1.807, 2.05) is 18.2 Å². The summed E-state index contributed by atoms with van der Waals surface area (Å²) in [6.07, 6.45) is 0.660. The average Bonchev–Trinajstić information content (AvgIpc) is 2.84. The molecule has 0 amide bonds. The minimum absolute atomic E-state index is 0.142. The van der Waals surface area contributed by atoms with Crippen LogP contribution in [-0.4, -0.2) is 28.2 Å². The maximum Gasteiger partial charge on any atom is 0.225 e. The van der Waals surface area contributed by atoms with Gasteiger partial charge in [0, 0.05) is 23.6 Å². The van der Waals surface area contributed by atoms with Crippen molar-refractivity contribution in [2.75, 3.05) is 18.5 Å². The van der Waals surface area contributed by atoms with Crippen LogP contribution in [0.4, 0.5) is 5.82 Å². The summed E-state index contributed by atoms with van der Waals surface area (Å²) in [5, 5.41) is 13.4. The van der Waals surface area contributed by atoms with Crippen molar-refractivity contribution in [3.8, 4) is 11.1 Å². The number of rotatable bonds is 5. The van der Waals surface area contributed by atoms with Crippen molar-refractivity contribution < 1.29 is 5.11 Å². The molecule has 0 atom stereocenters. The van der Waals surface area contributed by atoms with E-state index >= 15 is 0 Å². The number of nitrogens with zero attached hydrogens (tertiary/aromatic N) is 2. The molecule has 0 fully saturated rings. The number of benzene rings is 1. The molecule has 2 heterocycles. The zero-order valence-electron chi connectivity index (χ0n) is 12.1. The van der Waals surface area contributed by atoms with Gasteiger partial charge in [-0.3, -0.25) is 0 Å². The molecular weight excluding hydrogens is 318 g/mol. The SMILES string of the molecule is Cc1sc2nc(Cl)nc(NCCCO)c2c1-c1ccccc1. The van der Waals surface area contributed by atoms with Gasteiger partial charge in [-0.1, -0.05) is 30.3 Å². The predicted molar refractivity (Wildman–Crippen MR) is 92.8 cm³/mol. The molecule has 0 saturated heterocycles. The fourth-order valence-electron chi connectivity index (χ4n) is 2.45. The number of fused-ring (bicyclic) bond motifs is 1. The molecule has 2 N–H and O–H groups in total. The summed E-state index contributed by atoms with van der Waals surface area (Å²) in [5.41, 5.74) is 2.28. The van der Waals surface area contributed by atoms with Gasteiger partial charge in [-0.15, -0.1) is 11.3 Å². The van der Waals surface area contributed by atoms with Gasteiger partial charge in [0.1, 0.15) is 10.6 Å². The lowest BCUT2D eigenvalue weighted by atomic mass is 10.0. The molecule has 0 unspecified atom stereocenters. The zero-order chi connectivity index (χ0) is 15.5. The van der Waals surface area contributed by atoms with Gasteiger partial charge in [0.05, 0.1) is 5.39 Å². The van der Waals surface area contributed by atoms with E-state index < -0.39 is 0 Å². The highest BCUT2D eigenvalue weighted by Crippen LogP contribution is 2.40. The number of anilines is 1. The topological polar surface area (TPSA) is 58.0 Å². The Kier molecular flexibility index (Phi) is 4.57. The highest BCUT2D eigenvalue weighted by Gasteiger charge is 2.17. The predicted octanol–water partition coefficient (Wildman–Crippen LogP) is 4.11. The molecular formula is C16H16ClN3OS. The van der Waals surface area contributed by atoms with Gasteiger partial charge in [-0.2, -0.15) is 0 Å². The first-order chi connectivity index (χ1) is 10.7. The Morgan fingerprint density at radius 3 is 2.73 bits per heavy atom. The van der Waals surface area contributed by atoms with Crippen molar-refractivity contribution in [1.29, 1.82) is 0 Å². The summed E-state index contributed by atoms with van der Waals surface area (Å²) in [7, 11) is 0. The number of thiophene rings is 1. The lowest BCUT2D eigenvalue weighted by Gasteiger charge is -2.09. The molecule has 1 aromatic carbocycles. The highest BCUT2D eigenvalue weighted by molar-refractivity contribution is 7.19. The summed E-state index contributed by atoms with van der Waals surface area (Å²) >= 11 is 7.66. The van der Waals surface area contributed by atoms with Gasteiger partial charge in [-0.25, -0.2) is 9.97 Å². The number of halogens is 1. The largest absolute Gasteiger partial charge is 0.396 e. The Labute approximate surface area is 137 Å². The van der Waals surface area contributed by atoms with Crippen LogP contribution in [0.15, 0.2) is 30.3 Å². The number of aromatic nitrogens is 2. The van der Waals surface area contributed by atoms with Crippen molar-refractivity contribution in [1.82, 2.24) is 9.97 Å². The van der Waals surface area contributed by atoms with Crippen LogP contribution in [-0.2, 0) is 0 Å². The number of aryl methyl sites for hydroxylation is 1. The number of hydrogen-bond acceptors (Lipinski definition) is 5. The summed E-state index contributed by atoms with van der Waals surface area (Å²) in [5.74, 6) is 0.728. The minimum Gasteiger partial charge on any atom is -0.396 e. The molecule has 0 radical (unpaired) electrons. The van der Waals surface area contributed by atoms with Crippen LogP contribution in [0, 0.1) is 6.92 Å². The first-order valence-electron chi connectivity index (χ1n) is 7.07. The van der Waals surface area contributed by atoms with E-state index in [2.05, 4.69) is 34.3 Å². The molecule has 22 heavy (non-hydrogen) atoms. The Hall–Kier alpha value is -1.69. The number of nitrogens with one attached hydrogen (secondary N) is 1. The van der Waals surface area contributed by atoms with E-state index in [1.54, 1.807) is 11.3 Å². The van der Waals surface area contributed by atoms with E-state index in [1.165, 1.54) is 4.88 Å². The Balaban J connectivity index is 2.17. The molecule has 6 heteroatoms. The van der Waals surface area contributed by atoms with Crippen LogP contribution in [0.2, 0.25) is 5.28 Å². The summed E-state index contributed by atoms with van der Waals surface area (Å²) in [6, 6.07) is 10.2. The van der Waals surface area contributed by atoms with Crippen molar-refractivity contribution in [3.05, 3.63) is 40.5 Å². The molecule has 114 valence electrons. The van der Waals surface area contributed by atoms with Gasteiger partial charge >= 0.3 is 0 Å². The van der Waals surface area contributed by atoms with E-state index in [0.29, 0.717) is 13.0 Å². The van der Waals surface area contributed by atoms with Crippen LogP contribution in [0.3, 0.4) is 0 Å². The fourth-order valence-corrected chi connectivity index (χ4v) is 3.72. The third-order valence-electron chi connectivity index (χ3n) is 3.39. The summed E-state index contributed by atoms with van der Waals surface area (Å²) in [6.45, 7) is 2.87.